The van der Waals surface area contributed by atoms with E-state index in [2.05, 4.69) is 17.3 Å². The van der Waals surface area contributed by atoms with Crippen molar-refractivity contribution in [2.24, 2.45) is 7.05 Å². The van der Waals surface area contributed by atoms with E-state index >= 15 is 0 Å². The molecule has 0 radical (unpaired) electrons. The Morgan fingerprint density at radius 2 is 2.10 bits per heavy atom. The summed E-state index contributed by atoms with van der Waals surface area (Å²) in [6, 6.07) is 4.14. The third-order valence-corrected chi connectivity index (χ3v) is 3.47. The van der Waals surface area contributed by atoms with Crippen molar-refractivity contribution in [3.8, 4) is 0 Å². The molecule has 1 aromatic carbocycles. The molecule has 0 aliphatic carbocycles. The number of halogens is 2. The van der Waals surface area contributed by atoms with Gasteiger partial charge in [-0.05, 0) is 49.1 Å². The van der Waals surface area contributed by atoms with Gasteiger partial charge in [-0.3, -0.25) is 4.68 Å². The molecule has 2 aromatic rings. The number of rotatable bonds is 7. The van der Waals surface area contributed by atoms with Gasteiger partial charge in [0, 0.05) is 19.3 Å². The summed E-state index contributed by atoms with van der Waals surface area (Å²) >= 11 is 0. The molecule has 5 heteroatoms. The van der Waals surface area contributed by atoms with Crippen LogP contribution < -0.4 is 5.32 Å². The van der Waals surface area contributed by atoms with E-state index in [1.165, 1.54) is 12.1 Å². The van der Waals surface area contributed by atoms with Gasteiger partial charge in [0.15, 0.2) is 11.6 Å². The third kappa shape index (κ3) is 4.36. The number of nitrogens with one attached hydrogen (secondary N) is 1. The minimum atomic E-state index is -0.805. The maximum absolute atomic E-state index is 13.4. The summed E-state index contributed by atoms with van der Waals surface area (Å²) in [6.45, 7) is 2.92. The van der Waals surface area contributed by atoms with Crippen LogP contribution in [-0.4, -0.2) is 16.3 Å². The van der Waals surface area contributed by atoms with Crippen molar-refractivity contribution in [2.75, 3.05) is 6.54 Å². The predicted molar refractivity (Wildman–Crippen MR) is 78.9 cm³/mol. The van der Waals surface area contributed by atoms with Gasteiger partial charge < -0.3 is 5.32 Å². The van der Waals surface area contributed by atoms with Crippen LogP contribution in [0.2, 0.25) is 0 Å². The highest BCUT2D eigenvalue weighted by Gasteiger charge is 2.13. The first-order valence-corrected chi connectivity index (χ1v) is 7.26. The van der Waals surface area contributed by atoms with Crippen molar-refractivity contribution in [3.63, 3.8) is 0 Å². The highest BCUT2D eigenvalue weighted by Crippen LogP contribution is 2.21. The minimum absolute atomic E-state index is 0.0141. The van der Waals surface area contributed by atoms with Gasteiger partial charge >= 0.3 is 0 Å². The molecule has 2 rings (SSSR count). The molecule has 1 N–H and O–H groups in total. The Kier molecular flexibility index (Phi) is 5.44. The normalized spacial score (nSPS) is 12.6. The number of nitrogens with zero attached hydrogens (tertiary/aromatic N) is 2. The molecule has 1 unspecified atom stereocenters. The van der Waals surface area contributed by atoms with Crippen LogP contribution in [0, 0.1) is 11.6 Å². The Balaban J connectivity index is 2.07. The molecule has 0 fully saturated rings. The van der Waals surface area contributed by atoms with E-state index in [9.17, 15) is 8.78 Å². The summed E-state index contributed by atoms with van der Waals surface area (Å²) in [5.41, 5.74) is 1.93. The number of hydrogen-bond donors (Lipinski definition) is 1. The highest BCUT2D eigenvalue weighted by atomic mass is 19.2. The lowest BCUT2D eigenvalue weighted by Crippen LogP contribution is -2.23. The first-order chi connectivity index (χ1) is 10.1. The summed E-state index contributed by atoms with van der Waals surface area (Å²) in [4.78, 5) is 0. The molecule has 0 aliphatic rings. The van der Waals surface area contributed by atoms with Crippen LogP contribution >= 0.6 is 0 Å². The molecule has 21 heavy (non-hydrogen) atoms. The molecule has 114 valence electrons. The Labute approximate surface area is 124 Å². The van der Waals surface area contributed by atoms with Crippen molar-refractivity contribution in [1.82, 2.24) is 15.1 Å². The summed E-state index contributed by atoms with van der Waals surface area (Å²) in [5.74, 6) is -1.60. The molecule has 0 saturated heterocycles. The smallest absolute Gasteiger partial charge is 0.159 e. The second kappa shape index (κ2) is 7.31. The molecule has 0 saturated carbocycles. The van der Waals surface area contributed by atoms with Crippen LogP contribution in [0.15, 0.2) is 30.6 Å². The Hall–Kier alpha value is -1.75. The monoisotopic (exact) mass is 293 g/mol. The number of hydrogen-bond acceptors (Lipinski definition) is 2. The lowest BCUT2D eigenvalue weighted by atomic mass is 9.99. The Morgan fingerprint density at radius 1 is 1.29 bits per heavy atom. The van der Waals surface area contributed by atoms with Crippen LogP contribution in [0.3, 0.4) is 0 Å². The lowest BCUT2D eigenvalue weighted by molar-refractivity contribution is 0.480. The fourth-order valence-corrected chi connectivity index (χ4v) is 2.35. The maximum Gasteiger partial charge on any atom is 0.159 e. The van der Waals surface area contributed by atoms with Gasteiger partial charge in [-0.2, -0.15) is 5.10 Å². The van der Waals surface area contributed by atoms with E-state index in [-0.39, 0.29) is 6.04 Å². The third-order valence-electron chi connectivity index (χ3n) is 3.47. The van der Waals surface area contributed by atoms with E-state index < -0.39 is 11.6 Å². The standard InChI is InChI=1S/C16H21F2N3/c1-3-8-19-16(7-4-12-10-20-21(2)11-12)13-5-6-14(17)15(18)9-13/h5-6,9-11,16,19H,3-4,7-8H2,1-2H3. The molecule has 0 bridgehead atoms. The zero-order chi connectivity index (χ0) is 15.2. The quantitative estimate of drug-likeness (QED) is 0.848. The van der Waals surface area contributed by atoms with E-state index in [4.69, 9.17) is 0 Å². The average Bonchev–Trinajstić information content (AvgIpc) is 2.88. The summed E-state index contributed by atoms with van der Waals surface area (Å²) in [7, 11) is 1.88. The summed E-state index contributed by atoms with van der Waals surface area (Å²) in [6.07, 6.45) is 6.46. The fourth-order valence-electron chi connectivity index (χ4n) is 2.35. The van der Waals surface area contributed by atoms with Gasteiger partial charge in [-0.1, -0.05) is 13.0 Å². The van der Waals surface area contributed by atoms with E-state index in [0.717, 1.165) is 36.9 Å². The number of aryl methyl sites for hydroxylation is 2. The average molecular weight is 293 g/mol. The zero-order valence-electron chi connectivity index (χ0n) is 12.4. The second-order valence-corrected chi connectivity index (χ2v) is 5.24. The molecule has 0 amide bonds. The molecular formula is C16H21F2N3. The second-order valence-electron chi connectivity index (χ2n) is 5.24. The van der Waals surface area contributed by atoms with Gasteiger partial charge in [0.2, 0.25) is 0 Å². The van der Waals surface area contributed by atoms with E-state index in [1.807, 2.05) is 19.4 Å². The van der Waals surface area contributed by atoms with Crippen molar-refractivity contribution < 1.29 is 8.78 Å². The molecule has 1 atom stereocenters. The van der Waals surface area contributed by atoms with Gasteiger partial charge in [0.25, 0.3) is 0 Å². The van der Waals surface area contributed by atoms with Gasteiger partial charge in [0.05, 0.1) is 6.20 Å². The van der Waals surface area contributed by atoms with Crippen molar-refractivity contribution in [1.29, 1.82) is 0 Å². The van der Waals surface area contributed by atoms with Crippen LogP contribution in [0.25, 0.3) is 0 Å². The van der Waals surface area contributed by atoms with Crippen LogP contribution in [0.1, 0.15) is 36.9 Å². The van der Waals surface area contributed by atoms with Gasteiger partial charge in [0.1, 0.15) is 0 Å². The van der Waals surface area contributed by atoms with Crippen LogP contribution in [0.4, 0.5) is 8.78 Å². The van der Waals surface area contributed by atoms with Crippen molar-refractivity contribution in [2.45, 2.75) is 32.2 Å². The summed E-state index contributed by atoms with van der Waals surface area (Å²) < 4.78 is 28.2. The topological polar surface area (TPSA) is 29.9 Å². The van der Waals surface area contributed by atoms with Gasteiger partial charge in [-0.25, -0.2) is 8.78 Å². The number of benzene rings is 1. The van der Waals surface area contributed by atoms with Crippen molar-refractivity contribution >= 4 is 0 Å². The Morgan fingerprint density at radius 3 is 2.71 bits per heavy atom. The zero-order valence-corrected chi connectivity index (χ0v) is 12.4. The fraction of sp³-hybridized carbons (Fsp3) is 0.438. The molecule has 0 aliphatic heterocycles. The molecule has 1 aromatic heterocycles. The van der Waals surface area contributed by atoms with E-state index in [0.29, 0.717) is 0 Å². The molecule has 0 spiro atoms. The minimum Gasteiger partial charge on any atom is -0.310 e. The maximum atomic E-state index is 13.4. The first-order valence-electron chi connectivity index (χ1n) is 7.26. The number of aromatic nitrogens is 2. The van der Waals surface area contributed by atoms with Crippen LogP contribution in [0.5, 0.6) is 0 Å². The highest BCUT2D eigenvalue weighted by molar-refractivity contribution is 5.22. The van der Waals surface area contributed by atoms with Gasteiger partial charge in [-0.15, -0.1) is 0 Å². The first kappa shape index (κ1) is 15.6. The van der Waals surface area contributed by atoms with E-state index in [1.54, 1.807) is 10.7 Å². The SMILES string of the molecule is CCCNC(CCc1cnn(C)c1)c1ccc(F)c(F)c1. The lowest BCUT2D eigenvalue weighted by Gasteiger charge is -2.19. The predicted octanol–water partition coefficient (Wildman–Crippen LogP) is 3.37. The molecular weight excluding hydrogens is 272 g/mol. The largest absolute Gasteiger partial charge is 0.310 e. The van der Waals surface area contributed by atoms with Crippen molar-refractivity contribution in [3.05, 3.63) is 53.4 Å². The Bertz CT molecular complexity index is 581. The van der Waals surface area contributed by atoms with Crippen LogP contribution in [-0.2, 0) is 13.5 Å². The molecule has 3 nitrogen and oxygen atoms in total. The molecule has 1 heterocycles. The summed E-state index contributed by atoms with van der Waals surface area (Å²) in [5, 5.41) is 7.53.